The van der Waals surface area contributed by atoms with Crippen LogP contribution in [-0.4, -0.2) is 34.4 Å². The fraction of sp³-hybridized carbons (Fsp3) is 0.714. The van der Waals surface area contributed by atoms with E-state index in [2.05, 4.69) is 36.2 Å². The van der Waals surface area contributed by atoms with Crippen LogP contribution in [0.3, 0.4) is 0 Å². The highest BCUT2D eigenvalue weighted by molar-refractivity contribution is 5.78. The SMILES string of the molecule is Cn1cc([C@@H]2OCC[C@H]2CN=C(N)NC(C)(C)C)cn1. The Balaban J connectivity index is 1.96. The lowest BCUT2D eigenvalue weighted by atomic mass is 9.98. The van der Waals surface area contributed by atoms with Gasteiger partial charge in [0.15, 0.2) is 5.96 Å². The number of hydrogen-bond donors (Lipinski definition) is 2. The highest BCUT2D eigenvalue weighted by atomic mass is 16.5. The minimum absolute atomic E-state index is 0.0670. The molecule has 2 heterocycles. The predicted octanol–water partition coefficient (Wildman–Crippen LogP) is 1.20. The molecule has 112 valence electrons. The molecule has 0 aliphatic carbocycles. The molecule has 2 atom stereocenters. The van der Waals surface area contributed by atoms with E-state index in [4.69, 9.17) is 10.5 Å². The average Bonchev–Trinajstić information content (AvgIpc) is 2.92. The van der Waals surface area contributed by atoms with Crippen molar-refractivity contribution >= 4 is 5.96 Å². The first-order valence-electron chi connectivity index (χ1n) is 7.03. The van der Waals surface area contributed by atoms with Crippen LogP contribution in [0.2, 0.25) is 0 Å². The number of guanidine groups is 1. The second-order valence-electron chi connectivity index (χ2n) is 6.39. The summed E-state index contributed by atoms with van der Waals surface area (Å²) in [5.74, 6) is 0.855. The first kappa shape index (κ1) is 14.8. The Bertz CT molecular complexity index is 474. The Kier molecular flexibility index (Phi) is 4.32. The molecule has 0 amide bonds. The molecule has 2 rings (SSSR count). The van der Waals surface area contributed by atoms with E-state index < -0.39 is 0 Å². The summed E-state index contributed by atoms with van der Waals surface area (Å²) in [5, 5.41) is 7.38. The van der Waals surface area contributed by atoms with Crippen molar-refractivity contribution in [3.05, 3.63) is 18.0 Å². The maximum absolute atomic E-state index is 5.91. The highest BCUT2D eigenvalue weighted by Gasteiger charge is 2.30. The number of aryl methyl sites for hydroxylation is 1. The fourth-order valence-corrected chi connectivity index (χ4v) is 2.42. The van der Waals surface area contributed by atoms with Crippen LogP contribution in [0.5, 0.6) is 0 Å². The molecule has 1 fully saturated rings. The lowest BCUT2D eigenvalue weighted by molar-refractivity contribution is 0.0925. The summed E-state index contributed by atoms with van der Waals surface area (Å²) in [5.41, 5.74) is 6.96. The second-order valence-corrected chi connectivity index (χ2v) is 6.39. The largest absolute Gasteiger partial charge is 0.373 e. The molecular weight excluding hydrogens is 254 g/mol. The summed E-state index contributed by atoms with van der Waals surface area (Å²) in [6.07, 6.45) is 4.95. The van der Waals surface area contributed by atoms with Crippen molar-refractivity contribution in [3.63, 3.8) is 0 Å². The summed E-state index contributed by atoms with van der Waals surface area (Å²) in [6, 6.07) is 0. The number of rotatable bonds is 3. The van der Waals surface area contributed by atoms with Crippen LogP contribution >= 0.6 is 0 Å². The van der Waals surface area contributed by atoms with E-state index in [1.165, 1.54) is 0 Å². The molecule has 1 aliphatic rings. The minimum Gasteiger partial charge on any atom is -0.373 e. The standard InChI is InChI=1S/C14H25N5O/c1-14(2,3)18-13(15)16-7-10-5-6-20-12(10)11-8-17-19(4)9-11/h8-10,12H,5-7H2,1-4H3,(H3,15,16,18)/t10-,12+/m0/s1. The number of nitrogens with two attached hydrogens (primary N) is 1. The van der Waals surface area contributed by atoms with Crippen LogP contribution in [0.25, 0.3) is 0 Å². The van der Waals surface area contributed by atoms with Crippen LogP contribution in [-0.2, 0) is 11.8 Å². The smallest absolute Gasteiger partial charge is 0.188 e. The molecule has 0 spiro atoms. The van der Waals surface area contributed by atoms with Gasteiger partial charge in [-0.2, -0.15) is 5.10 Å². The van der Waals surface area contributed by atoms with Gasteiger partial charge in [0, 0.05) is 43.4 Å². The molecule has 20 heavy (non-hydrogen) atoms. The first-order chi connectivity index (χ1) is 9.35. The van der Waals surface area contributed by atoms with Gasteiger partial charge in [-0.15, -0.1) is 0 Å². The summed E-state index contributed by atoms with van der Waals surface area (Å²) in [6.45, 7) is 7.63. The third kappa shape index (κ3) is 3.96. The van der Waals surface area contributed by atoms with Gasteiger partial charge in [0.05, 0.1) is 12.3 Å². The fourth-order valence-electron chi connectivity index (χ4n) is 2.42. The van der Waals surface area contributed by atoms with E-state index in [9.17, 15) is 0 Å². The molecule has 1 aliphatic heterocycles. The summed E-state index contributed by atoms with van der Waals surface area (Å²) in [4.78, 5) is 4.45. The van der Waals surface area contributed by atoms with Crippen molar-refractivity contribution in [1.82, 2.24) is 15.1 Å². The van der Waals surface area contributed by atoms with Crippen LogP contribution in [0.15, 0.2) is 17.4 Å². The highest BCUT2D eigenvalue weighted by Crippen LogP contribution is 2.34. The average molecular weight is 279 g/mol. The number of ether oxygens (including phenoxy) is 1. The summed E-state index contributed by atoms with van der Waals surface area (Å²) in [7, 11) is 1.91. The molecule has 0 bridgehead atoms. The molecule has 0 aromatic carbocycles. The zero-order valence-electron chi connectivity index (χ0n) is 12.8. The van der Waals surface area contributed by atoms with E-state index in [-0.39, 0.29) is 11.6 Å². The quantitative estimate of drug-likeness (QED) is 0.644. The molecule has 1 saturated heterocycles. The second kappa shape index (κ2) is 5.83. The molecule has 0 radical (unpaired) electrons. The molecule has 1 aromatic heterocycles. The number of aliphatic imine (C=N–C) groups is 1. The number of nitrogens with zero attached hydrogens (tertiary/aromatic N) is 3. The van der Waals surface area contributed by atoms with Gasteiger partial charge < -0.3 is 15.8 Å². The van der Waals surface area contributed by atoms with Crippen molar-refractivity contribution in [2.45, 2.75) is 38.8 Å². The maximum Gasteiger partial charge on any atom is 0.188 e. The molecule has 6 nitrogen and oxygen atoms in total. The van der Waals surface area contributed by atoms with Crippen LogP contribution in [0.4, 0.5) is 0 Å². The van der Waals surface area contributed by atoms with Crippen molar-refractivity contribution in [3.8, 4) is 0 Å². The Morgan fingerprint density at radius 1 is 1.60 bits per heavy atom. The van der Waals surface area contributed by atoms with Crippen LogP contribution in [0, 0.1) is 5.92 Å². The van der Waals surface area contributed by atoms with Gasteiger partial charge in [-0.1, -0.05) is 0 Å². The zero-order chi connectivity index (χ0) is 14.8. The third-order valence-electron chi connectivity index (χ3n) is 3.27. The Morgan fingerprint density at radius 3 is 2.95 bits per heavy atom. The molecule has 0 saturated carbocycles. The van der Waals surface area contributed by atoms with E-state index >= 15 is 0 Å². The minimum atomic E-state index is -0.0670. The van der Waals surface area contributed by atoms with E-state index in [1.54, 1.807) is 4.68 Å². The number of nitrogens with one attached hydrogen (secondary N) is 1. The van der Waals surface area contributed by atoms with Gasteiger partial charge in [0.1, 0.15) is 0 Å². The Labute approximate surface area is 120 Å². The lowest BCUT2D eigenvalue weighted by Crippen LogP contribution is -2.45. The molecule has 1 aromatic rings. The van der Waals surface area contributed by atoms with E-state index in [0.29, 0.717) is 18.4 Å². The Morgan fingerprint density at radius 2 is 2.35 bits per heavy atom. The molecular formula is C14H25N5O. The van der Waals surface area contributed by atoms with Crippen molar-refractivity contribution in [2.24, 2.45) is 23.7 Å². The molecule has 6 heteroatoms. The van der Waals surface area contributed by atoms with Crippen molar-refractivity contribution in [1.29, 1.82) is 0 Å². The molecule has 0 unspecified atom stereocenters. The number of hydrogen-bond acceptors (Lipinski definition) is 3. The Hall–Kier alpha value is -1.56. The summed E-state index contributed by atoms with van der Waals surface area (Å²) >= 11 is 0. The van der Waals surface area contributed by atoms with Gasteiger partial charge in [0.2, 0.25) is 0 Å². The van der Waals surface area contributed by atoms with Gasteiger partial charge in [-0.3, -0.25) is 9.67 Å². The number of aromatic nitrogens is 2. The zero-order valence-corrected chi connectivity index (χ0v) is 12.8. The predicted molar refractivity (Wildman–Crippen MR) is 79.4 cm³/mol. The summed E-state index contributed by atoms with van der Waals surface area (Å²) < 4.78 is 7.61. The van der Waals surface area contributed by atoms with Crippen LogP contribution < -0.4 is 11.1 Å². The topological polar surface area (TPSA) is 77.5 Å². The van der Waals surface area contributed by atoms with E-state index in [1.807, 2.05) is 19.4 Å². The van der Waals surface area contributed by atoms with Crippen molar-refractivity contribution < 1.29 is 4.74 Å². The first-order valence-corrected chi connectivity index (χ1v) is 7.03. The monoisotopic (exact) mass is 279 g/mol. The van der Waals surface area contributed by atoms with Crippen LogP contribution in [0.1, 0.15) is 38.9 Å². The van der Waals surface area contributed by atoms with Gasteiger partial charge >= 0.3 is 0 Å². The van der Waals surface area contributed by atoms with Gasteiger partial charge in [-0.05, 0) is 27.2 Å². The third-order valence-corrected chi connectivity index (χ3v) is 3.27. The van der Waals surface area contributed by atoms with Gasteiger partial charge in [-0.25, -0.2) is 0 Å². The van der Waals surface area contributed by atoms with Gasteiger partial charge in [0.25, 0.3) is 0 Å². The van der Waals surface area contributed by atoms with E-state index in [0.717, 1.165) is 18.6 Å². The maximum atomic E-state index is 5.91. The normalized spacial score (nSPS) is 24.1. The lowest BCUT2D eigenvalue weighted by Gasteiger charge is -2.22. The molecule has 3 N–H and O–H groups in total. The van der Waals surface area contributed by atoms with Crippen molar-refractivity contribution in [2.75, 3.05) is 13.2 Å².